The van der Waals surface area contributed by atoms with Crippen molar-refractivity contribution in [1.29, 1.82) is 0 Å². The maximum absolute atomic E-state index is 12.4. The summed E-state index contributed by atoms with van der Waals surface area (Å²) in [5.41, 5.74) is 3.03. The second-order valence-corrected chi connectivity index (χ2v) is 7.31. The lowest BCUT2D eigenvalue weighted by atomic mass is 10.1. The number of benzene rings is 3. The minimum Gasteiger partial charge on any atom is -0.496 e. The SMILES string of the molecule is COc1ccccc1C(=O)CSc1ccc(NC(=O)c2ccc(C)cc2)cc1. The van der Waals surface area contributed by atoms with Crippen LogP contribution >= 0.6 is 11.8 Å². The number of nitrogens with one attached hydrogen (secondary N) is 1. The van der Waals surface area contributed by atoms with Crippen molar-refractivity contribution >= 4 is 29.1 Å². The predicted octanol–water partition coefficient (Wildman–Crippen LogP) is 5.23. The monoisotopic (exact) mass is 391 g/mol. The van der Waals surface area contributed by atoms with Crippen molar-refractivity contribution in [3.8, 4) is 5.75 Å². The molecule has 5 heteroatoms. The summed E-state index contributed by atoms with van der Waals surface area (Å²) in [6.07, 6.45) is 0. The number of carbonyl (C=O) groups excluding carboxylic acids is 2. The van der Waals surface area contributed by atoms with E-state index in [-0.39, 0.29) is 11.7 Å². The van der Waals surface area contributed by atoms with Crippen molar-refractivity contribution in [2.24, 2.45) is 0 Å². The Labute approximate surface area is 168 Å². The van der Waals surface area contributed by atoms with Crippen LogP contribution in [0.25, 0.3) is 0 Å². The number of aryl methyl sites for hydroxylation is 1. The quantitative estimate of drug-likeness (QED) is 0.442. The standard InChI is InChI=1S/C23H21NO3S/c1-16-7-9-17(10-8-16)23(26)24-18-11-13-19(14-12-18)28-15-21(25)20-5-3-4-6-22(20)27-2/h3-14H,15H2,1-2H3,(H,24,26). The summed E-state index contributed by atoms with van der Waals surface area (Å²) in [6, 6.07) is 22.1. The summed E-state index contributed by atoms with van der Waals surface area (Å²) in [4.78, 5) is 25.7. The van der Waals surface area contributed by atoms with E-state index in [2.05, 4.69) is 5.32 Å². The molecule has 0 unspecified atom stereocenters. The van der Waals surface area contributed by atoms with Gasteiger partial charge in [-0.25, -0.2) is 0 Å². The van der Waals surface area contributed by atoms with E-state index < -0.39 is 0 Å². The van der Waals surface area contributed by atoms with Gasteiger partial charge in [0.05, 0.1) is 18.4 Å². The van der Waals surface area contributed by atoms with Gasteiger partial charge in [0.25, 0.3) is 5.91 Å². The Balaban J connectivity index is 1.58. The van der Waals surface area contributed by atoms with Gasteiger partial charge in [-0.15, -0.1) is 11.8 Å². The highest BCUT2D eigenvalue weighted by Crippen LogP contribution is 2.24. The van der Waals surface area contributed by atoms with Gasteiger partial charge in [-0.3, -0.25) is 9.59 Å². The molecule has 0 radical (unpaired) electrons. The van der Waals surface area contributed by atoms with Gasteiger partial charge in [0.2, 0.25) is 0 Å². The van der Waals surface area contributed by atoms with Crippen LogP contribution in [0.3, 0.4) is 0 Å². The molecule has 0 saturated carbocycles. The van der Waals surface area contributed by atoms with Crippen LogP contribution in [-0.4, -0.2) is 24.6 Å². The molecule has 0 atom stereocenters. The van der Waals surface area contributed by atoms with Crippen molar-refractivity contribution in [1.82, 2.24) is 0 Å². The van der Waals surface area contributed by atoms with Crippen LogP contribution in [0.15, 0.2) is 77.7 Å². The zero-order chi connectivity index (χ0) is 19.9. The number of methoxy groups -OCH3 is 1. The summed E-state index contributed by atoms with van der Waals surface area (Å²) in [6.45, 7) is 1.98. The second-order valence-electron chi connectivity index (χ2n) is 6.26. The highest BCUT2D eigenvalue weighted by Gasteiger charge is 2.12. The van der Waals surface area contributed by atoms with Crippen molar-refractivity contribution in [2.45, 2.75) is 11.8 Å². The number of ketones is 1. The molecule has 28 heavy (non-hydrogen) atoms. The molecule has 0 saturated heterocycles. The molecule has 0 aliphatic carbocycles. The zero-order valence-corrected chi connectivity index (χ0v) is 16.6. The van der Waals surface area contributed by atoms with Crippen LogP contribution in [0.2, 0.25) is 0 Å². The molecule has 1 N–H and O–H groups in total. The number of anilines is 1. The molecule has 3 aromatic rings. The Kier molecular flexibility index (Phi) is 6.50. The Morgan fingerprint density at radius 2 is 1.61 bits per heavy atom. The van der Waals surface area contributed by atoms with E-state index in [0.717, 1.165) is 10.5 Å². The number of para-hydroxylation sites is 1. The fourth-order valence-electron chi connectivity index (χ4n) is 2.64. The number of ether oxygens (including phenoxy) is 1. The maximum Gasteiger partial charge on any atom is 0.255 e. The van der Waals surface area contributed by atoms with E-state index in [9.17, 15) is 9.59 Å². The Morgan fingerprint density at radius 3 is 2.29 bits per heavy atom. The van der Waals surface area contributed by atoms with Crippen LogP contribution < -0.4 is 10.1 Å². The largest absolute Gasteiger partial charge is 0.496 e. The smallest absolute Gasteiger partial charge is 0.255 e. The summed E-state index contributed by atoms with van der Waals surface area (Å²) in [7, 11) is 1.56. The maximum atomic E-state index is 12.4. The van der Waals surface area contributed by atoms with E-state index in [1.54, 1.807) is 31.4 Å². The second kappa shape index (κ2) is 9.24. The minimum atomic E-state index is -0.147. The Bertz CT molecular complexity index is 966. The third kappa shape index (κ3) is 5.02. The predicted molar refractivity (Wildman–Crippen MR) is 114 cm³/mol. The highest BCUT2D eigenvalue weighted by molar-refractivity contribution is 8.00. The molecule has 0 aromatic heterocycles. The summed E-state index contributed by atoms with van der Waals surface area (Å²) < 4.78 is 5.24. The first-order valence-corrected chi connectivity index (χ1v) is 9.82. The molecule has 142 valence electrons. The van der Waals surface area contributed by atoms with Gasteiger partial charge >= 0.3 is 0 Å². The summed E-state index contributed by atoms with van der Waals surface area (Å²) >= 11 is 1.45. The van der Waals surface area contributed by atoms with Gasteiger partial charge in [0.15, 0.2) is 5.78 Å². The molecule has 0 bridgehead atoms. The van der Waals surface area contributed by atoms with Crippen LogP contribution in [0.4, 0.5) is 5.69 Å². The van der Waals surface area contributed by atoms with E-state index >= 15 is 0 Å². The average molecular weight is 391 g/mol. The van der Waals surface area contributed by atoms with Gasteiger partial charge in [0.1, 0.15) is 5.75 Å². The van der Waals surface area contributed by atoms with Crippen LogP contribution in [0, 0.1) is 6.92 Å². The first-order valence-electron chi connectivity index (χ1n) is 8.84. The van der Waals surface area contributed by atoms with Gasteiger partial charge in [-0.2, -0.15) is 0 Å². The van der Waals surface area contributed by atoms with Crippen molar-refractivity contribution < 1.29 is 14.3 Å². The number of hydrogen-bond acceptors (Lipinski definition) is 4. The first-order chi connectivity index (χ1) is 13.6. The number of hydrogen-bond donors (Lipinski definition) is 1. The average Bonchev–Trinajstić information content (AvgIpc) is 2.73. The Hall–Kier alpha value is -3.05. The van der Waals surface area contributed by atoms with E-state index in [1.807, 2.05) is 55.5 Å². The van der Waals surface area contributed by atoms with Crippen LogP contribution in [0.5, 0.6) is 5.75 Å². The lowest BCUT2D eigenvalue weighted by Crippen LogP contribution is -2.11. The van der Waals surface area contributed by atoms with Crippen molar-refractivity contribution in [2.75, 3.05) is 18.2 Å². The molecular weight excluding hydrogens is 370 g/mol. The van der Waals surface area contributed by atoms with Crippen LogP contribution in [-0.2, 0) is 0 Å². The normalized spacial score (nSPS) is 10.4. The molecule has 0 aliphatic heterocycles. The number of thioether (sulfide) groups is 1. The molecule has 1 amide bonds. The summed E-state index contributed by atoms with van der Waals surface area (Å²) in [5, 5.41) is 2.88. The van der Waals surface area contributed by atoms with Gasteiger partial charge in [-0.1, -0.05) is 29.8 Å². The molecular formula is C23H21NO3S. The Morgan fingerprint density at radius 1 is 0.929 bits per heavy atom. The molecule has 3 aromatic carbocycles. The number of Topliss-reactive ketones (excluding diaryl/α,β-unsaturated/α-hetero) is 1. The first kappa shape index (κ1) is 19.7. The minimum absolute atomic E-state index is 0.0131. The van der Waals surface area contributed by atoms with E-state index in [0.29, 0.717) is 28.3 Å². The van der Waals surface area contributed by atoms with Gasteiger partial charge < -0.3 is 10.1 Å². The zero-order valence-electron chi connectivity index (χ0n) is 15.8. The van der Waals surface area contributed by atoms with Crippen molar-refractivity contribution in [3.05, 3.63) is 89.5 Å². The van der Waals surface area contributed by atoms with Crippen LogP contribution in [0.1, 0.15) is 26.3 Å². The molecule has 0 heterocycles. The van der Waals surface area contributed by atoms with E-state index in [1.165, 1.54) is 11.8 Å². The number of rotatable bonds is 7. The van der Waals surface area contributed by atoms with Gasteiger partial charge in [0, 0.05) is 16.1 Å². The lowest BCUT2D eigenvalue weighted by molar-refractivity contribution is 0.101. The summed E-state index contributed by atoms with van der Waals surface area (Å²) in [5.74, 6) is 0.767. The molecule has 0 fully saturated rings. The number of carbonyl (C=O) groups is 2. The van der Waals surface area contributed by atoms with Crippen molar-refractivity contribution in [3.63, 3.8) is 0 Å². The lowest BCUT2D eigenvalue weighted by Gasteiger charge is -2.08. The fraction of sp³-hybridized carbons (Fsp3) is 0.130. The third-order valence-corrected chi connectivity index (χ3v) is 5.22. The topological polar surface area (TPSA) is 55.4 Å². The molecule has 0 aliphatic rings. The van der Waals surface area contributed by atoms with Gasteiger partial charge in [-0.05, 0) is 55.5 Å². The number of amides is 1. The highest BCUT2D eigenvalue weighted by atomic mass is 32.2. The molecule has 0 spiro atoms. The third-order valence-electron chi connectivity index (χ3n) is 4.20. The molecule has 3 rings (SSSR count). The van der Waals surface area contributed by atoms with E-state index in [4.69, 9.17) is 4.74 Å². The molecule has 4 nitrogen and oxygen atoms in total. The fourth-order valence-corrected chi connectivity index (χ4v) is 3.43.